The maximum atomic E-state index is 13.9. The zero-order valence-electron chi connectivity index (χ0n) is 13.7. The van der Waals surface area contributed by atoms with Gasteiger partial charge in [0.05, 0.1) is 0 Å². The van der Waals surface area contributed by atoms with Crippen molar-refractivity contribution in [1.82, 2.24) is 10.2 Å². The average Bonchev–Trinajstić information content (AvgIpc) is 2.81. The van der Waals surface area contributed by atoms with Gasteiger partial charge in [0.25, 0.3) is 0 Å². The highest BCUT2D eigenvalue weighted by Gasteiger charge is 2.31. The number of hydrogen-bond acceptors (Lipinski definition) is 3. The molecule has 0 spiro atoms. The van der Waals surface area contributed by atoms with Crippen LogP contribution >= 0.6 is 0 Å². The summed E-state index contributed by atoms with van der Waals surface area (Å²) in [6, 6.07) is 5.95. The number of nitrogens with zero attached hydrogens (tertiary/aromatic N) is 2. The van der Waals surface area contributed by atoms with Crippen LogP contribution in [0.2, 0.25) is 0 Å². The quantitative estimate of drug-likeness (QED) is 0.814. The van der Waals surface area contributed by atoms with Gasteiger partial charge in [-0.2, -0.15) is 0 Å². The van der Waals surface area contributed by atoms with Crippen LogP contribution in [-0.4, -0.2) is 44.7 Å². The average molecular weight is 293 g/mol. The minimum absolute atomic E-state index is 0.137. The monoisotopic (exact) mass is 293 g/mol. The molecule has 3 nitrogen and oxygen atoms in total. The van der Waals surface area contributed by atoms with Gasteiger partial charge >= 0.3 is 0 Å². The van der Waals surface area contributed by atoms with Gasteiger partial charge in [-0.25, -0.2) is 4.39 Å². The largest absolute Gasteiger partial charge is 0.370 e. The molecule has 0 saturated carbocycles. The van der Waals surface area contributed by atoms with Crippen LogP contribution in [0.3, 0.4) is 0 Å². The van der Waals surface area contributed by atoms with E-state index in [1.54, 1.807) is 12.1 Å². The van der Waals surface area contributed by atoms with Crippen molar-refractivity contribution < 1.29 is 4.39 Å². The number of anilines is 1. The predicted molar refractivity (Wildman–Crippen MR) is 87.2 cm³/mol. The number of nitrogens with one attached hydrogen (secondary N) is 1. The fourth-order valence-corrected chi connectivity index (χ4v) is 3.16. The van der Waals surface area contributed by atoms with Gasteiger partial charge in [-0.15, -0.1) is 0 Å². The van der Waals surface area contributed by atoms with E-state index in [1.165, 1.54) is 0 Å². The van der Waals surface area contributed by atoms with E-state index in [4.69, 9.17) is 0 Å². The second kappa shape index (κ2) is 7.23. The first-order chi connectivity index (χ1) is 10.0. The van der Waals surface area contributed by atoms with Crippen LogP contribution in [0.15, 0.2) is 18.2 Å². The summed E-state index contributed by atoms with van der Waals surface area (Å²) >= 11 is 0. The molecular weight excluding hydrogens is 265 g/mol. The first-order valence-corrected chi connectivity index (χ1v) is 7.92. The Labute approximate surface area is 128 Å². The summed E-state index contributed by atoms with van der Waals surface area (Å²) in [6.45, 7) is 8.08. The smallest absolute Gasteiger partial charge is 0.125 e. The molecule has 2 unspecified atom stereocenters. The molecule has 1 fully saturated rings. The minimum atomic E-state index is -0.137. The molecule has 118 valence electrons. The van der Waals surface area contributed by atoms with E-state index < -0.39 is 0 Å². The lowest BCUT2D eigenvalue weighted by atomic mass is 10.1. The van der Waals surface area contributed by atoms with E-state index in [1.807, 2.05) is 0 Å². The summed E-state index contributed by atoms with van der Waals surface area (Å²) in [6.07, 6.45) is 1.09. The van der Waals surface area contributed by atoms with Crippen molar-refractivity contribution in [2.75, 3.05) is 38.6 Å². The van der Waals surface area contributed by atoms with Crippen LogP contribution in [-0.2, 0) is 6.54 Å². The van der Waals surface area contributed by atoms with Crippen LogP contribution in [0, 0.1) is 11.7 Å². The van der Waals surface area contributed by atoms with Crippen LogP contribution < -0.4 is 10.2 Å². The lowest BCUT2D eigenvalue weighted by molar-refractivity contribution is 0.266. The molecule has 21 heavy (non-hydrogen) atoms. The van der Waals surface area contributed by atoms with Crippen molar-refractivity contribution in [3.8, 4) is 0 Å². The Kier molecular flexibility index (Phi) is 5.59. The third kappa shape index (κ3) is 4.17. The van der Waals surface area contributed by atoms with E-state index in [0.29, 0.717) is 12.0 Å². The highest BCUT2D eigenvalue weighted by atomic mass is 19.1. The maximum absolute atomic E-state index is 13.9. The minimum Gasteiger partial charge on any atom is -0.370 e. The third-order valence-electron chi connectivity index (χ3n) is 4.30. The first-order valence-electron chi connectivity index (χ1n) is 7.92. The van der Waals surface area contributed by atoms with E-state index in [0.717, 1.165) is 43.9 Å². The van der Waals surface area contributed by atoms with Gasteiger partial charge in [-0.05, 0) is 56.7 Å². The van der Waals surface area contributed by atoms with E-state index in [-0.39, 0.29) is 5.82 Å². The van der Waals surface area contributed by atoms with Gasteiger partial charge in [0.2, 0.25) is 0 Å². The molecule has 1 N–H and O–H groups in total. The lowest BCUT2D eigenvalue weighted by Crippen LogP contribution is -2.34. The van der Waals surface area contributed by atoms with Crippen LogP contribution in [0.4, 0.5) is 10.1 Å². The van der Waals surface area contributed by atoms with Gasteiger partial charge < -0.3 is 15.1 Å². The summed E-state index contributed by atoms with van der Waals surface area (Å²) in [5.41, 5.74) is 2.04. The number of halogens is 1. The molecule has 0 radical (unpaired) electrons. The SMILES string of the molecule is CCCNCc1cc(F)cc(N2CC(C)C(N(C)C)C2)c1. The van der Waals surface area contributed by atoms with Crippen molar-refractivity contribution in [3.63, 3.8) is 0 Å². The Hall–Kier alpha value is -1.13. The van der Waals surface area contributed by atoms with Crippen molar-refractivity contribution in [2.45, 2.75) is 32.9 Å². The second-order valence-electron chi connectivity index (χ2n) is 6.41. The molecule has 1 aliphatic rings. The number of benzene rings is 1. The van der Waals surface area contributed by atoms with Gasteiger partial charge in [0.15, 0.2) is 0 Å². The second-order valence-corrected chi connectivity index (χ2v) is 6.41. The topological polar surface area (TPSA) is 18.5 Å². The van der Waals surface area contributed by atoms with Crippen molar-refractivity contribution in [3.05, 3.63) is 29.6 Å². The highest BCUT2D eigenvalue weighted by molar-refractivity contribution is 5.50. The summed E-state index contributed by atoms with van der Waals surface area (Å²) in [4.78, 5) is 4.58. The Morgan fingerprint density at radius 2 is 2.05 bits per heavy atom. The summed E-state index contributed by atoms with van der Waals surface area (Å²) < 4.78 is 13.9. The molecule has 1 aromatic rings. The Morgan fingerprint density at radius 3 is 2.67 bits per heavy atom. The molecule has 0 bridgehead atoms. The van der Waals surface area contributed by atoms with E-state index >= 15 is 0 Å². The molecular formula is C17H28FN3. The zero-order valence-corrected chi connectivity index (χ0v) is 13.7. The third-order valence-corrected chi connectivity index (χ3v) is 4.30. The standard InChI is InChI=1S/C17H28FN3/c1-5-6-19-10-14-7-15(18)9-16(8-14)21-11-13(2)17(12-21)20(3)4/h7-9,13,17,19H,5-6,10-12H2,1-4H3. The maximum Gasteiger partial charge on any atom is 0.125 e. The van der Waals surface area contributed by atoms with Crippen LogP contribution in [0.1, 0.15) is 25.8 Å². The fraction of sp³-hybridized carbons (Fsp3) is 0.647. The zero-order chi connectivity index (χ0) is 15.4. The molecule has 0 aromatic heterocycles. The number of likely N-dealkylation sites (N-methyl/N-ethyl adjacent to an activating group) is 1. The molecule has 2 atom stereocenters. The highest BCUT2D eigenvalue weighted by Crippen LogP contribution is 2.27. The first kappa shape index (κ1) is 16.2. The van der Waals surface area contributed by atoms with E-state index in [9.17, 15) is 4.39 Å². The summed E-state index contributed by atoms with van der Waals surface area (Å²) in [5.74, 6) is 0.465. The van der Waals surface area contributed by atoms with Gasteiger partial charge in [0, 0.05) is 31.4 Å². The lowest BCUT2D eigenvalue weighted by Gasteiger charge is -2.23. The Morgan fingerprint density at radius 1 is 1.29 bits per heavy atom. The molecule has 0 amide bonds. The number of rotatable bonds is 6. The van der Waals surface area contributed by atoms with Gasteiger partial charge in [0.1, 0.15) is 5.82 Å². The van der Waals surface area contributed by atoms with Crippen LogP contribution in [0.5, 0.6) is 0 Å². The normalized spacial score (nSPS) is 22.3. The van der Waals surface area contributed by atoms with Crippen molar-refractivity contribution >= 4 is 5.69 Å². The molecule has 1 heterocycles. The Balaban J connectivity index is 2.09. The summed E-state index contributed by atoms with van der Waals surface area (Å²) in [5, 5.41) is 3.34. The Bertz CT molecular complexity index is 461. The van der Waals surface area contributed by atoms with E-state index in [2.05, 4.69) is 49.1 Å². The summed E-state index contributed by atoms with van der Waals surface area (Å²) in [7, 11) is 4.24. The molecule has 4 heteroatoms. The molecule has 1 saturated heterocycles. The number of hydrogen-bond donors (Lipinski definition) is 1. The predicted octanol–water partition coefficient (Wildman–Crippen LogP) is 2.71. The van der Waals surface area contributed by atoms with Crippen molar-refractivity contribution in [1.29, 1.82) is 0 Å². The molecule has 0 aliphatic carbocycles. The molecule has 1 aromatic carbocycles. The molecule has 2 rings (SSSR count). The van der Waals surface area contributed by atoms with Crippen molar-refractivity contribution in [2.24, 2.45) is 5.92 Å². The van der Waals surface area contributed by atoms with Crippen LogP contribution in [0.25, 0.3) is 0 Å². The van der Waals surface area contributed by atoms with Gasteiger partial charge in [-0.1, -0.05) is 13.8 Å². The fourth-order valence-electron chi connectivity index (χ4n) is 3.16. The van der Waals surface area contributed by atoms with Gasteiger partial charge in [-0.3, -0.25) is 0 Å². The molecule has 1 aliphatic heterocycles.